The van der Waals surface area contributed by atoms with E-state index in [1.54, 1.807) is 20.8 Å². The molecule has 1 aromatic carbocycles. The number of alkyl carbamates (subject to hydrolysis) is 1. The molecule has 0 bridgehead atoms. The molecule has 6 heteroatoms. The Kier molecular flexibility index (Phi) is 7.46. The Morgan fingerprint density at radius 2 is 1.77 bits per heavy atom. The topological polar surface area (TPSA) is 75.6 Å². The van der Waals surface area contributed by atoms with Crippen LogP contribution < -0.4 is 5.32 Å². The Morgan fingerprint density at radius 1 is 1.19 bits per heavy atom. The van der Waals surface area contributed by atoms with Gasteiger partial charge in [0, 0.05) is 11.6 Å². The number of aliphatic carboxylic acids is 1. The fraction of sp³-hybridized carbons (Fsp3) is 0.500. The Hall–Kier alpha value is -2.26. The lowest BCUT2D eigenvalue weighted by Gasteiger charge is -2.23. The van der Waals surface area contributed by atoms with Gasteiger partial charge in [-0.3, -0.25) is 4.79 Å². The van der Waals surface area contributed by atoms with Crippen LogP contribution in [0.25, 0.3) is 0 Å². The summed E-state index contributed by atoms with van der Waals surface area (Å²) < 4.78 is 5.21. The minimum Gasteiger partial charge on any atom is -0.481 e. The number of ether oxygens (including phenoxy) is 1. The number of benzene rings is 1. The van der Waals surface area contributed by atoms with Crippen LogP contribution in [0, 0.1) is 11.5 Å². The highest BCUT2D eigenvalue weighted by atomic mass is 28.3. The summed E-state index contributed by atoms with van der Waals surface area (Å²) in [4.78, 5) is 23.0. The van der Waals surface area contributed by atoms with E-state index in [1.165, 1.54) is 0 Å². The Labute approximate surface area is 157 Å². The molecule has 1 aromatic rings. The first-order chi connectivity index (χ1) is 11.8. The molecule has 142 valence electrons. The minimum atomic E-state index is -1.42. The molecule has 26 heavy (non-hydrogen) atoms. The Bertz CT molecular complexity index is 688. The van der Waals surface area contributed by atoms with Gasteiger partial charge in [0.25, 0.3) is 0 Å². The fourth-order valence-electron chi connectivity index (χ4n) is 2.13. The van der Waals surface area contributed by atoms with Crippen molar-refractivity contribution in [2.75, 3.05) is 0 Å². The third kappa shape index (κ3) is 9.89. The van der Waals surface area contributed by atoms with Crippen molar-refractivity contribution in [3.63, 3.8) is 0 Å². The molecule has 0 saturated carbocycles. The van der Waals surface area contributed by atoms with Gasteiger partial charge in [-0.2, -0.15) is 0 Å². The van der Waals surface area contributed by atoms with Crippen LogP contribution in [0.4, 0.5) is 4.79 Å². The number of carbonyl (C=O) groups excluding carboxylic acids is 1. The first-order valence-corrected chi connectivity index (χ1v) is 12.2. The molecule has 1 rings (SSSR count). The lowest BCUT2D eigenvalue weighted by molar-refractivity contribution is -0.137. The lowest BCUT2D eigenvalue weighted by Crippen LogP contribution is -2.41. The number of carbonyl (C=O) groups is 2. The molecule has 0 heterocycles. The summed E-state index contributed by atoms with van der Waals surface area (Å²) in [6, 6.07) is 7.14. The summed E-state index contributed by atoms with van der Waals surface area (Å²) in [6.45, 7) is 11.9. The van der Waals surface area contributed by atoms with Crippen LogP contribution in [0.1, 0.15) is 38.3 Å². The summed E-state index contributed by atoms with van der Waals surface area (Å²) in [5.74, 6) is 2.21. The lowest BCUT2D eigenvalue weighted by atomic mass is 10.0. The maximum atomic E-state index is 11.9. The van der Waals surface area contributed by atoms with Gasteiger partial charge in [0.05, 0.1) is 6.42 Å². The summed E-state index contributed by atoms with van der Waals surface area (Å²) in [5, 5.41) is 11.7. The van der Waals surface area contributed by atoms with Crippen LogP contribution in [0.3, 0.4) is 0 Å². The molecule has 0 aromatic heterocycles. The highest BCUT2D eigenvalue weighted by molar-refractivity contribution is 6.83. The third-order valence-corrected chi connectivity index (χ3v) is 4.03. The van der Waals surface area contributed by atoms with E-state index < -0.39 is 31.8 Å². The average Bonchev–Trinajstić information content (AvgIpc) is 2.42. The number of hydrogen-bond acceptors (Lipinski definition) is 3. The van der Waals surface area contributed by atoms with Crippen LogP contribution in [0.2, 0.25) is 19.6 Å². The predicted octanol–water partition coefficient (Wildman–Crippen LogP) is 3.83. The molecule has 1 atom stereocenters. The third-order valence-electron chi connectivity index (χ3n) is 3.16. The molecule has 0 spiro atoms. The second kappa shape index (κ2) is 8.90. The molecule has 0 aliphatic carbocycles. The summed E-state index contributed by atoms with van der Waals surface area (Å²) >= 11 is 0. The maximum absolute atomic E-state index is 11.9. The fourth-order valence-corrected chi connectivity index (χ4v) is 2.65. The van der Waals surface area contributed by atoms with Gasteiger partial charge < -0.3 is 15.2 Å². The molecule has 0 aliphatic heterocycles. The van der Waals surface area contributed by atoms with E-state index in [2.05, 4.69) is 36.4 Å². The number of nitrogens with one attached hydrogen (secondary N) is 1. The van der Waals surface area contributed by atoms with E-state index in [1.807, 2.05) is 24.3 Å². The Balaban J connectivity index is 2.79. The molecule has 0 radical (unpaired) electrons. The number of hydrogen-bond donors (Lipinski definition) is 2. The van der Waals surface area contributed by atoms with Gasteiger partial charge in [-0.15, -0.1) is 5.54 Å². The number of carboxylic acid groups (broad SMARTS) is 1. The molecule has 5 nitrogen and oxygen atoms in total. The van der Waals surface area contributed by atoms with Crippen molar-refractivity contribution in [1.82, 2.24) is 5.32 Å². The van der Waals surface area contributed by atoms with Crippen LogP contribution in [0.5, 0.6) is 0 Å². The van der Waals surface area contributed by atoms with Gasteiger partial charge >= 0.3 is 12.1 Å². The van der Waals surface area contributed by atoms with E-state index in [4.69, 9.17) is 9.84 Å². The molecule has 0 fully saturated rings. The van der Waals surface area contributed by atoms with E-state index in [9.17, 15) is 9.59 Å². The van der Waals surface area contributed by atoms with Crippen molar-refractivity contribution in [3.8, 4) is 11.5 Å². The van der Waals surface area contributed by atoms with E-state index in [-0.39, 0.29) is 6.42 Å². The summed E-state index contributed by atoms with van der Waals surface area (Å²) in [7, 11) is -1.42. The highest BCUT2D eigenvalue weighted by Gasteiger charge is 2.21. The zero-order valence-corrected chi connectivity index (χ0v) is 17.5. The van der Waals surface area contributed by atoms with Crippen molar-refractivity contribution >= 4 is 20.1 Å². The maximum Gasteiger partial charge on any atom is 0.407 e. The summed E-state index contributed by atoms with van der Waals surface area (Å²) in [6.07, 6.45) is -0.370. The zero-order valence-electron chi connectivity index (χ0n) is 16.5. The first-order valence-electron chi connectivity index (χ1n) is 8.67. The van der Waals surface area contributed by atoms with Crippen molar-refractivity contribution in [2.45, 2.75) is 64.9 Å². The van der Waals surface area contributed by atoms with Crippen LogP contribution in [0.15, 0.2) is 24.3 Å². The first kappa shape index (κ1) is 21.8. The van der Waals surface area contributed by atoms with Crippen molar-refractivity contribution in [1.29, 1.82) is 0 Å². The number of carboxylic acids is 1. The van der Waals surface area contributed by atoms with Crippen molar-refractivity contribution in [2.24, 2.45) is 0 Å². The molecular formula is C20H29NO4Si. The van der Waals surface area contributed by atoms with E-state index in [0.717, 1.165) is 11.1 Å². The second-order valence-corrected chi connectivity index (χ2v) is 13.1. The van der Waals surface area contributed by atoms with Gasteiger partial charge in [0.2, 0.25) is 0 Å². The second-order valence-electron chi connectivity index (χ2n) is 8.34. The summed E-state index contributed by atoms with van der Waals surface area (Å²) in [5.41, 5.74) is 4.55. The molecule has 1 amide bonds. The molecule has 0 aliphatic rings. The predicted molar refractivity (Wildman–Crippen MR) is 106 cm³/mol. The van der Waals surface area contributed by atoms with Crippen LogP contribution in [-0.4, -0.2) is 36.9 Å². The molecule has 0 unspecified atom stereocenters. The largest absolute Gasteiger partial charge is 0.481 e. The standard InChI is InChI=1S/C20H29NO4Si/c1-20(2,3)25-19(24)21-17(14-18(22)23)13-16-9-7-15(8-10-16)11-12-26(4,5)6/h7-10,17H,13-14H2,1-6H3,(H,21,24)(H,22,23)/t17-/m1/s1. The van der Waals surface area contributed by atoms with E-state index >= 15 is 0 Å². The minimum absolute atomic E-state index is 0.170. The monoisotopic (exact) mass is 375 g/mol. The smallest absolute Gasteiger partial charge is 0.407 e. The number of rotatable bonds is 5. The van der Waals surface area contributed by atoms with Crippen molar-refractivity contribution < 1.29 is 19.4 Å². The average molecular weight is 376 g/mol. The van der Waals surface area contributed by atoms with E-state index in [0.29, 0.717) is 6.42 Å². The van der Waals surface area contributed by atoms with Crippen LogP contribution >= 0.6 is 0 Å². The normalized spacial score (nSPS) is 12.5. The molecule has 2 N–H and O–H groups in total. The zero-order chi connectivity index (χ0) is 20.0. The highest BCUT2D eigenvalue weighted by Crippen LogP contribution is 2.11. The van der Waals surface area contributed by atoms with Gasteiger partial charge in [-0.05, 0) is 44.9 Å². The van der Waals surface area contributed by atoms with Gasteiger partial charge in [-0.1, -0.05) is 37.7 Å². The molecule has 0 saturated heterocycles. The molecular weight excluding hydrogens is 346 g/mol. The Morgan fingerprint density at radius 3 is 2.23 bits per heavy atom. The van der Waals surface area contributed by atoms with Gasteiger partial charge in [0.1, 0.15) is 13.7 Å². The van der Waals surface area contributed by atoms with Gasteiger partial charge in [-0.25, -0.2) is 4.79 Å². The van der Waals surface area contributed by atoms with Crippen LogP contribution in [-0.2, 0) is 16.0 Å². The van der Waals surface area contributed by atoms with Crippen molar-refractivity contribution in [3.05, 3.63) is 35.4 Å². The van der Waals surface area contributed by atoms with Gasteiger partial charge in [0.15, 0.2) is 0 Å². The SMILES string of the molecule is CC(C)(C)OC(=O)N[C@@H](CC(=O)O)Cc1ccc(C#C[Si](C)(C)C)cc1. The quantitative estimate of drug-likeness (QED) is 0.606. The number of amides is 1.